The zero-order valence-corrected chi connectivity index (χ0v) is 15.3. The fourth-order valence-electron chi connectivity index (χ4n) is 4.82. The molecule has 0 bridgehead atoms. The van der Waals surface area contributed by atoms with Gasteiger partial charge in [0, 0.05) is 18.1 Å². The van der Waals surface area contributed by atoms with Crippen molar-refractivity contribution < 1.29 is 9.53 Å². The van der Waals surface area contributed by atoms with Gasteiger partial charge in [0.15, 0.2) is 5.69 Å². The molecule has 0 radical (unpaired) electrons. The Kier molecular flexibility index (Phi) is 4.54. The highest BCUT2D eigenvalue weighted by molar-refractivity contribution is 5.93. The topological polar surface area (TPSA) is 81.1 Å². The van der Waals surface area contributed by atoms with Crippen LogP contribution in [0.5, 0.6) is 0 Å². The zero-order valence-electron chi connectivity index (χ0n) is 15.3. The molecule has 2 unspecified atom stereocenters. The molecule has 25 heavy (non-hydrogen) atoms. The molecule has 138 valence electrons. The summed E-state index contributed by atoms with van der Waals surface area (Å²) in [7, 11) is 0. The molecule has 0 aromatic carbocycles. The Bertz CT molecular complexity index is 633. The maximum Gasteiger partial charge on any atom is 0.273 e. The number of piperidine rings is 1. The Morgan fingerprint density at radius 1 is 1.40 bits per heavy atom. The lowest BCUT2D eigenvalue weighted by Crippen LogP contribution is -2.67. The lowest BCUT2D eigenvalue weighted by atomic mass is 9.51. The van der Waals surface area contributed by atoms with Crippen LogP contribution in [0.25, 0.3) is 0 Å². The second kappa shape index (κ2) is 6.68. The highest BCUT2D eigenvalue weighted by atomic mass is 16.5. The third-order valence-electron chi connectivity index (χ3n) is 6.54. The van der Waals surface area contributed by atoms with E-state index in [1.165, 1.54) is 6.42 Å². The molecule has 1 saturated heterocycles. The maximum atomic E-state index is 12.8. The number of carbonyl (C=O) groups excluding carboxylic acids is 1. The fourth-order valence-corrected chi connectivity index (χ4v) is 4.82. The number of nitrogens with one attached hydrogen (secondary N) is 2. The Labute approximate surface area is 148 Å². The monoisotopic (exact) mass is 347 g/mol. The van der Waals surface area contributed by atoms with E-state index >= 15 is 0 Å². The number of amides is 1. The molecule has 1 spiro atoms. The third kappa shape index (κ3) is 2.77. The predicted octanol–water partition coefficient (Wildman–Crippen LogP) is 1.59. The summed E-state index contributed by atoms with van der Waals surface area (Å²) in [6, 6.07) is 0.563. The van der Waals surface area contributed by atoms with E-state index in [1.54, 1.807) is 0 Å². The summed E-state index contributed by atoms with van der Waals surface area (Å²) in [6.45, 7) is 6.74. The summed E-state index contributed by atoms with van der Waals surface area (Å²) in [6.07, 6.45) is 6.84. The minimum absolute atomic E-state index is 0.0797. The van der Waals surface area contributed by atoms with E-state index in [-0.39, 0.29) is 17.4 Å². The van der Waals surface area contributed by atoms with Crippen molar-refractivity contribution in [1.29, 1.82) is 0 Å². The average molecular weight is 347 g/mol. The van der Waals surface area contributed by atoms with Gasteiger partial charge in [-0.15, -0.1) is 5.10 Å². The van der Waals surface area contributed by atoms with E-state index in [0.29, 0.717) is 17.8 Å². The van der Waals surface area contributed by atoms with Crippen LogP contribution < -0.4 is 10.6 Å². The smallest absolute Gasteiger partial charge is 0.273 e. The number of hydrogen-bond acceptors (Lipinski definition) is 5. The molecule has 2 saturated carbocycles. The highest BCUT2D eigenvalue weighted by Crippen LogP contribution is 2.57. The first-order valence-electron chi connectivity index (χ1n) is 9.70. The Morgan fingerprint density at radius 2 is 2.16 bits per heavy atom. The second-order valence-electron chi connectivity index (χ2n) is 7.74. The molecule has 1 aromatic rings. The van der Waals surface area contributed by atoms with Crippen LogP contribution in [0, 0.1) is 12.3 Å². The molecule has 1 aliphatic heterocycles. The largest absolute Gasteiger partial charge is 0.378 e. The molecule has 3 aliphatic rings. The van der Waals surface area contributed by atoms with Crippen LogP contribution in [0.1, 0.15) is 67.7 Å². The highest BCUT2D eigenvalue weighted by Gasteiger charge is 2.59. The normalized spacial score (nSPS) is 28.4. The Morgan fingerprint density at radius 3 is 2.80 bits per heavy atom. The number of aromatic nitrogens is 3. The molecule has 1 amide bonds. The standard InChI is InChI=1S/C18H29N5O2/c1-3-25-15-11-14(18(15)7-4-8-18)20-17(24)16-12(2)23(22-21-16)13-5-9-19-10-6-13/h13-15,19H,3-11H2,1-2H3,(H,20,24). The molecular formula is C18H29N5O2. The molecule has 3 fully saturated rings. The molecule has 7 heteroatoms. The molecular weight excluding hydrogens is 318 g/mol. The first-order valence-corrected chi connectivity index (χ1v) is 9.70. The van der Waals surface area contributed by atoms with Gasteiger partial charge in [0.25, 0.3) is 5.91 Å². The van der Waals surface area contributed by atoms with Crippen LogP contribution in [0.4, 0.5) is 0 Å². The van der Waals surface area contributed by atoms with Gasteiger partial charge in [-0.1, -0.05) is 11.6 Å². The van der Waals surface area contributed by atoms with E-state index in [1.807, 2.05) is 18.5 Å². The van der Waals surface area contributed by atoms with Crippen LogP contribution in [-0.2, 0) is 4.74 Å². The number of rotatable bonds is 5. The zero-order chi connectivity index (χ0) is 17.4. The van der Waals surface area contributed by atoms with Crippen molar-refractivity contribution in [3.63, 3.8) is 0 Å². The summed E-state index contributed by atoms with van der Waals surface area (Å²) < 4.78 is 7.81. The lowest BCUT2D eigenvalue weighted by molar-refractivity contribution is -0.169. The molecule has 4 rings (SSSR count). The average Bonchev–Trinajstić information content (AvgIpc) is 2.94. The summed E-state index contributed by atoms with van der Waals surface area (Å²) >= 11 is 0. The van der Waals surface area contributed by atoms with Gasteiger partial charge in [0.1, 0.15) is 0 Å². The fraction of sp³-hybridized carbons (Fsp3) is 0.833. The van der Waals surface area contributed by atoms with Gasteiger partial charge >= 0.3 is 0 Å². The quantitative estimate of drug-likeness (QED) is 0.845. The van der Waals surface area contributed by atoms with Gasteiger partial charge < -0.3 is 15.4 Å². The van der Waals surface area contributed by atoms with Crippen molar-refractivity contribution in [3.8, 4) is 0 Å². The number of ether oxygens (including phenoxy) is 1. The first-order chi connectivity index (χ1) is 12.2. The maximum absolute atomic E-state index is 12.8. The number of carbonyl (C=O) groups is 1. The van der Waals surface area contributed by atoms with Crippen molar-refractivity contribution in [3.05, 3.63) is 11.4 Å². The number of hydrogen-bond donors (Lipinski definition) is 2. The van der Waals surface area contributed by atoms with Gasteiger partial charge in [-0.25, -0.2) is 4.68 Å². The van der Waals surface area contributed by atoms with Gasteiger partial charge in [-0.05, 0) is 59.0 Å². The molecule has 2 N–H and O–H groups in total. The van der Waals surface area contributed by atoms with Crippen LogP contribution >= 0.6 is 0 Å². The summed E-state index contributed by atoms with van der Waals surface area (Å²) in [5, 5.41) is 15.1. The van der Waals surface area contributed by atoms with E-state index in [4.69, 9.17) is 4.74 Å². The SMILES string of the molecule is CCOC1CC(NC(=O)c2nnn(C3CCNCC3)c2C)C12CCC2. The van der Waals surface area contributed by atoms with Gasteiger partial charge in [0.05, 0.1) is 17.8 Å². The minimum Gasteiger partial charge on any atom is -0.378 e. The molecule has 1 aromatic heterocycles. The van der Waals surface area contributed by atoms with Gasteiger partial charge in [-0.2, -0.15) is 0 Å². The van der Waals surface area contributed by atoms with Crippen molar-refractivity contribution in [2.24, 2.45) is 5.41 Å². The molecule has 2 heterocycles. The van der Waals surface area contributed by atoms with E-state index in [2.05, 4.69) is 20.9 Å². The lowest BCUT2D eigenvalue weighted by Gasteiger charge is -2.60. The second-order valence-corrected chi connectivity index (χ2v) is 7.74. The van der Waals surface area contributed by atoms with Gasteiger partial charge in [-0.3, -0.25) is 4.79 Å². The van der Waals surface area contributed by atoms with Crippen LogP contribution in [-0.4, -0.2) is 52.7 Å². The summed E-state index contributed by atoms with van der Waals surface area (Å²) in [4.78, 5) is 12.8. The molecule has 2 aliphatic carbocycles. The molecule has 2 atom stereocenters. The molecule has 7 nitrogen and oxygen atoms in total. The van der Waals surface area contributed by atoms with Crippen LogP contribution in [0.15, 0.2) is 0 Å². The third-order valence-corrected chi connectivity index (χ3v) is 6.54. The van der Waals surface area contributed by atoms with E-state index < -0.39 is 0 Å². The summed E-state index contributed by atoms with van der Waals surface area (Å²) in [5.41, 5.74) is 1.53. The Hall–Kier alpha value is -1.47. The summed E-state index contributed by atoms with van der Waals surface area (Å²) in [5.74, 6) is -0.0797. The van der Waals surface area contributed by atoms with E-state index in [9.17, 15) is 4.79 Å². The van der Waals surface area contributed by atoms with Crippen LogP contribution in [0.2, 0.25) is 0 Å². The van der Waals surface area contributed by atoms with Crippen molar-refractivity contribution in [2.45, 2.75) is 70.6 Å². The minimum atomic E-state index is -0.0797. The Balaban J connectivity index is 1.43. The van der Waals surface area contributed by atoms with Crippen LogP contribution in [0.3, 0.4) is 0 Å². The predicted molar refractivity (Wildman–Crippen MR) is 93.5 cm³/mol. The first kappa shape index (κ1) is 17.0. The van der Waals surface area contributed by atoms with Crippen molar-refractivity contribution >= 4 is 5.91 Å². The van der Waals surface area contributed by atoms with Crippen molar-refractivity contribution in [2.75, 3.05) is 19.7 Å². The number of nitrogens with zero attached hydrogens (tertiary/aromatic N) is 3. The van der Waals surface area contributed by atoms with E-state index in [0.717, 1.165) is 57.5 Å². The van der Waals surface area contributed by atoms with Gasteiger partial charge in [0.2, 0.25) is 0 Å². The van der Waals surface area contributed by atoms with Crippen molar-refractivity contribution in [1.82, 2.24) is 25.6 Å².